The van der Waals surface area contributed by atoms with Gasteiger partial charge in [-0.25, -0.2) is 4.98 Å². The summed E-state index contributed by atoms with van der Waals surface area (Å²) in [6, 6.07) is -0.225. The number of aromatic nitrogens is 2. The molecule has 7 heteroatoms. The van der Waals surface area contributed by atoms with Gasteiger partial charge in [-0.1, -0.05) is 0 Å². The van der Waals surface area contributed by atoms with Crippen molar-refractivity contribution in [3.05, 3.63) is 18.2 Å². The largest absolute Gasteiger partial charge is 0.347 e. The molecule has 0 spiro atoms. The minimum atomic E-state index is -0.360. The van der Waals surface area contributed by atoms with E-state index >= 15 is 0 Å². The smallest absolute Gasteiger partial charge is 0.239 e. The molecule has 1 aromatic heterocycles. The van der Waals surface area contributed by atoms with Crippen LogP contribution in [0.15, 0.2) is 12.4 Å². The molecule has 1 unspecified atom stereocenters. The molecule has 0 fully saturated rings. The number of amides is 2. The van der Waals surface area contributed by atoms with E-state index in [-0.39, 0.29) is 30.9 Å². The van der Waals surface area contributed by atoms with E-state index in [4.69, 9.17) is 5.73 Å². The van der Waals surface area contributed by atoms with E-state index < -0.39 is 0 Å². The highest BCUT2D eigenvalue weighted by Crippen LogP contribution is 2.03. The van der Waals surface area contributed by atoms with Gasteiger partial charge in [0, 0.05) is 12.4 Å². The molecular formula is C9H15N5O2. The Kier molecular flexibility index (Phi) is 4.46. The predicted molar refractivity (Wildman–Crippen MR) is 57.2 cm³/mol. The van der Waals surface area contributed by atoms with Crippen LogP contribution >= 0.6 is 0 Å². The standard InChI is InChI=1S/C9H15N5O2/c1-6(9-11-2-3-12-9)14-8(16)5-13-7(15)4-10/h2-3,6H,4-5,10H2,1H3,(H,11,12)(H,13,15)(H,14,16). The van der Waals surface area contributed by atoms with Crippen LogP contribution in [0, 0.1) is 0 Å². The van der Waals surface area contributed by atoms with E-state index in [0.29, 0.717) is 5.82 Å². The fraction of sp³-hybridized carbons (Fsp3) is 0.444. The number of H-pyrrole nitrogens is 1. The van der Waals surface area contributed by atoms with E-state index in [0.717, 1.165) is 0 Å². The summed E-state index contributed by atoms with van der Waals surface area (Å²) in [6.07, 6.45) is 3.28. The van der Waals surface area contributed by atoms with Crippen molar-refractivity contribution < 1.29 is 9.59 Å². The normalized spacial score (nSPS) is 11.9. The Labute approximate surface area is 92.8 Å². The van der Waals surface area contributed by atoms with E-state index in [1.54, 1.807) is 19.3 Å². The van der Waals surface area contributed by atoms with Crippen molar-refractivity contribution in [2.45, 2.75) is 13.0 Å². The van der Waals surface area contributed by atoms with Crippen molar-refractivity contribution in [1.82, 2.24) is 20.6 Å². The van der Waals surface area contributed by atoms with Crippen molar-refractivity contribution in [3.63, 3.8) is 0 Å². The Balaban J connectivity index is 2.32. The summed E-state index contributed by atoms with van der Waals surface area (Å²) in [6.45, 7) is 1.59. The lowest BCUT2D eigenvalue weighted by atomic mass is 10.3. The molecule has 0 aliphatic heterocycles. The first kappa shape index (κ1) is 12.2. The highest BCUT2D eigenvalue weighted by molar-refractivity contribution is 5.85. The molecule has 2 amide bonds. The molecule has 5 N–H and O–H groups in total. The van der Waals surface area contributed by atoms with Gasteiger partial charge in [0.1, 0.15) is 5.82 Å². The Morgan fingerprint density at radius 3 is 2.88 bits per heavy atom. The number of imidazole rings is 1. The molecule has 0 saturated heterocycles. The van der Waals surface area contributed by atoms with Crippen LogP contribution in [0.4, 0.5) is 0 Å². The van der Waals surface area contributed by atoms with Crippen LogP contribution in [0.25, 0.3) is 0 Å². The second-order valence-electron chi connectivity index (χ2n) is 3.24. The predicted octanol–water partition coefficient (Wildman–Crippen LogP) is -1.34. The maximum atomic E-state index is 11.4. The van der Waals surface area contributed by atoms with Crippen LogP contribution < -0.4 is 16.4 Å². The lowest BCUT2D eigenvalue weighted by Gasteiger charge is -2.11. The van der Waals surface area contributed by atoms with Gasteiger partial charge in [-0.2, -0.15) is 0 Å². The zero-order valence-electron chi connectivity index (χ0n) is 8.99. The monoisotopic (exact) mass is 225 g/mol. The minimum absolute atomic E-state index is 0.0823. The molecule has 1 heterocycles. The van der Waals surface area contributed by atoms with Gasteiger partial charge in [0.15, 0.2) is 0 Å². The second-order valence-corrected chi connectivity index (χ2v) is 3.24. The number of nitrogens with one attached hydrogen (secondary N) is 3. The number of carbonyl (C=O) groups excluding carboxylic acids is 2. The molecule has 0 aromatic carbocycles. The van der Waals surface area contributed by atoms with E-state index in [2.05, 4.69) is 20.6 Å². The van der Waals surface area contributed by atoms with Gasteiger partial charge in [0.2, 0.25) is 11.8 Å². The number of carbonyl (C=O) groups is 2. The molecule has 16 heavy (non-hydrogen) atoms. The SMILES string of the molecule is CC(NC(=O)CNC(=O)CN)c1ncc[nH]1. The zero-order valence-corrected chi connectivity index (χ0v) is 8.99. The molecule has 88 valence electrons. The number of hydrogen-bond donors (Lipinski definition) is 4. The second kappa shape index (κ2) is 5.86. The van der Waals surface area contributed by atoms with Crippen molar-refractivity contribution >= 4 is 11.8 Å². The molecule has 1 atom stereocenters. The summed E-state index contributed by atoms with van der Waals surface area (Å²) >= 11 is 0. The fourth-order valence-electron chi connectivity index (χ4n) is 1.13. The Morgan fingerprint density at radius 2 is 2.31 bits per heavy atom. The highest BCUT2D eigenvalue weighted by atomic mass is 16.2. The molecule has 0 radical (unpaired) electrons. The van der Waals surface area contributed by atoms with Crippen LogP contribution in [-0.2, 0) is 9.59 Å². The fourth-order valence-corrected chi connectivity index (χ4v) is 1.13. The van der Waals surface area contributed by atoms with Gasteiger partial charge in [-0.15, -0.1) is 0 Å². The van der Waals surface area contributed by atoms with Gasteiger partial charge in [-0.3, -0.25) is 9.59 Å². The van der Waals surface area contributed by atoms with Crippen LogP contribution in [-0.4, -0.2) is 34.9 Å². The summed E-state index contributed by atoms with van der Waals surface area (Å²) < 4.78 is 0. The maximum Gasteiger partial charge on any atom is 0.239 e. The van der Waals surface area contributed by atoms with Gasteiger partial charge in [-0.05, 0) is 6.92 Å². The van der Waals surface area contributed by atoms with Crippen LogP contribution in [0.1, 0.15) is 18.8 Å². The quantitative estimate of drug-likeness (QED) is 0.496. The summed E-state index contributed by atoms with van der Waals surface area (Å²) in [5.74, 6) is 0.0185. The summed E-state index contributed by atoms with van der Waals surface area (Å²) in [4.78, 5) is 29.0. The van der Waals surface area contributed by atoms with Crippen LogP contribution in [0.3, 0.4) is 0 Å². The summed E-state index contributed by atoms with van der Waals surface area (Å²) in [5.41, 5.74) is 5.08. The molecule has 0 aliphatic carbocycles. The first-order chi connectivity index (χ1) is 7.63. The molecule has 0 bridgehead atoms. The number of nitrogens with zero attached hydrogens (tertiary/aromatic N) is 1. The molecule has 1 aromatic rings. The van der Waals surface area contributed by atoms with Crippen molar-refractivity contribution in [2.75, 3.05) is 13.1 Å². The number of nitrogens with two attached hydrogens (primary N) is 1. The first-order valence-corrected chi connectivity index (χ1v) is 4.89. The van der Waals surface area contributed by atoms with E-state index in [9.17, 15) is 9.59 Å². The number of hydrogen-bond acceptors (Lipinski definition) is 4. The van der Waals surface area contributed by atoms with Gasteiger partial charge >= 0.3 is 0 Å². The minimum Gasteiger partial charge on any atom is -0.347 e. The maximum absolute atomic E-state index is 11.4. The van der Waals surface area contributed by atoms with Crippen molar-refractivity contribution in [3.8, 4) is 0 Å². The first-order valence-electron chi connectivity index (χ1n) is 4.89. The summed E-state index contributed by atoms with van der Waals surface area (Å²) in [5, 5.41) is 5.05. The third kappa shape index (κ3) is 3.70. The Bertz CT molecular complexity index is 349. The highest BCUT2D eigenvalue weighted by Gasteiger charge is 2.11. The van der Waals surface area contributed by atoms with Crippen molar-refractivity contribution in [1.29, 1.82) is 0 Å². The third-order valence-corrected chi connectivity index (χ3v) is 1.94. The van der Waals surface area contributed by atoms with Gasteiger partial charge in [0.05, 0.1) is 19.1 Å². The lowest BCUT2D eigenvalue weighted by molar-refractivity contribution is -0.125. The third-order valence-electron chi connectivity index (χ3n) is 1.94. The summed E-state index contributed by atoms with van der Waals surface area (Å²) in [7, 11) is 0. The van der Waals surface area contributed by atoms with Gasteiger partial charge in [0.25, 0.3) is 0 Å². The van der Waals surface area contributed by atoms with Gasteiger partial charge < -0.3 is 21.4 Å². The van der Waals surface area contributed by atoms with Crippen molar-refractivity contribution in [2.24, 2.45) is 5.73 Å². The van der Waals surface area contributed by atoms with Crippen LogP contribution in [0.2, 0.25) is 0 Å². The Morgan fingerprint density at radius 1 is 1.56 bits per heavy atom. The molecule has 7 nitrogen and oxygen atoms in total. The zero-order chi connectivity index (χ0) is 12.0. The van der Waals surface area contributed by atoms with Crippen LogP contribution in [0.5, 0.6) is 0 Å². The van der Waals surface area contributed by atoms with E-state index in [1.807, 2.05) is 0 Å². The lowest BCUT2D eigenvalue weighted by Crippen LogP contribution is -2.40. The average molecular weight is 225 g/mol. The topological polar surface area (TPSA) is 113 Å². The molecule has 0 saturated carbocycles. The average Bonchev–Trinajstić information content (AvgIpc) is 2.79. The molecular weight excluding hydrogens is 210 g/mol. The van der Waals surface area contributed by atoms with E-state index in [1.165, 1.54) is 0 Å². The molecule has 0 aliphatic rings. The Hall–Kier alpha value is -1.89. The number of aromatic amines is 1. The molecule has 1 rings (SSSR count). The number of rotatable bonds is 5.